The molecule has 0 aromatic carbocycles. The Balaban J connectivity index is -0.000000318. The van der Waals surface area contributed by atoms with Gasteiger partial charge in [-0.25, -0.2) is 0 Å². The fraction of sp³-hybridized carbons (Fsp3) is 0.909. The van der Waals surface area contributed by atoms with Crippen LogP contribution in [0, 0.1) is 0 Å². The molecule has 0 saturated carbocycles. The number of carbonyl (C=O) groups is 1. The van der Waals surface area contributed by atoms with Crippen molar-refractivity contribution in [2.45, 2.75) is 53.0 Å². The normalized spacial score (nSPS) is 10.3. The highest BCUT2D eigenvalue weighted by Crippen LogP contribution is 1.99. The molecule has 0 aliphatic heterocycles. The summed E-state index contributed by atoms with van der Waals surface area (Å²) in [6.45, 7) is 8.63. The SMILES string of the molecule is CC.CC.CNC(CCCCN)C(=O)O. The van der Waals surface area contributed by atoms with Crippen LogP contribution in [0.4, 0.5) is 0 Å². The zero-order valence-electron chi connectivity index (χ0n) is 10.8. The summed E-state index contributed by atoms with van der Waals surface area (Å²) in [6, 6.07) is -0.415. The van der Waals surface area contributed by atoms with Crippen LogP contribution in [-0.4, -0.2) is 30.7 Å². The Morgan fingerprint density at radius 2 is 1.73 bits per heavy atom. The van der Waals surface area contributed by atoms with Crippen LogP contribution in [0.15, 0.2) is 0 Å². The number of carboxylic acids is 1. The van der Waals surface area contributed by atoms with Gasteiger partial charge in [-0.2, -0.15) is 0 Å². The second-order valence-corrected chi connectivity index (χ2v) is 2.46. The Labute approximate surface area is 94.2 Å². The molecule has 4 heteroatoms. The van der Waals surface area contributed by atoms with Gasteiger partial charge in [0.05, 0.1) is 0 Å². The fourth-order valence-electron chi connectivity index (χ4n) is 0.884. The predicted molar refractivity (Wildman–Crippen MR) is 66.1 cm³/mol. The highest BCUT2D eigenvalue weighted by Gasteiger charge is 2.12. The lowest BCUT2D eigenvalue weighted by molar-refractivity contribution is -0.139. The summed E-state index contributed by atoms with van der Waals surface area (Å²) in [4.78, 5) is 10.4. The maximum atomic E-state index is 10.4. The van der Waals surface area contributed by atoms with E-state index in [-0.39, 0.29) is 0 Å². The number of aliphatic carboxylic acids is 1. The lowest BCUT2D eigenvalue weighted by Gasteiger charge is -2.09. The van der Waals surface area contributed by atoms with Crippen LogP contribution < -0.4 is 11.1 Å². The Kier molecular flexibility index (Phi) is 25.2. The molecule has 15 heavy (non-hydrogen) atoms. The van der Waals surface area contributed by atoms with Gasteiger partial charge in [0.25, 0.3) is 0 Å². The van der Waals surface area contributed by atoms with Gasteiger partial charge in [0.1, 0.15) is 6.04 Å². The van der Waals surface area contributed by atoms with Gasteiger partial charge in [0, 0.05) is 0 Å². The third-order valence-corrected chi connectivity index (χ3v) is 1.59. The number of nitrogens with one attached hydrogen (secondary N) is 1. The molecule has 0 aromatic rings. The summed E-state index contributed by atoms with van der Waals surface area (Å²) in [6.07, 6.45) is 2.42. The Morgan fingerprint density at radius 1 is 1.27 bits per heavy atom. The van der Waals surface area contributed by atoms with Gasteiger partial charge in [-0.05, 0) is 26.4 Å². The van der Waals surface area contributed by atoms with Gasteiger partial charge in [0.15, 0.2) is 0 Å². The number of rotatable bonds is 6. The molecule has 4 N–H and O–H groups in total. The number of hydrogen-bond donors (Lipinski definition) is 3. The first-order valence-corrected chi connectivity index (χ1v) is 5.82. The second kappa shape index (κ2) is 19.0. The number of carboxylic acid groups (broad SMARTS) is 1. The van der Waals surface area contributed by atoms with Crippen molar-refractivity contribution in [3.63, 3.8) is 0 Å². The van der Waals surface area contributed by atoms with Crippen LogP contribution in [0.1, 0.15) is 47.0 Å². The lowest BCUT2D eigenvalue weighted by atomic mass is 10.1. The van der Waals surface area contributed by atoms with Gasteiger partial charge in [-0.15, -0.1) is 0 Å². The van der Waals surface area contributed by atoms with E-state index in [1.165, 1.54) is 0 Å². The van der Waals surface area contributed by atoms with Crippen LogP contribution in [0.3, 0.4) is 0 Å². The van der Waals surface area contributed by atoms with Gasteiger partial charge in [-0.3, -0.25) is 4.79 Å². The molecule has 0 bridgehead atoms. The molecule has 0 saturated heterocycles. The van der Waals surface area contributed by atoms with Crippen LogP contribution in [0.25, 0.3) is 0 Å². The van der Waals surface area contributed by atoms with Crippen molar-refractivity contribution in [1.29, 1.82) is 0 Å². The van der Waals surface area contributed by atoms with E-state index in [1.54, 1.807) is 7.05 Å². The quantitative estimate of drug-likeness (QED) is 0.597. The molecule has 1 atom stereocenters. The topological polar surface area (TPSA) is 75.3 Å². The highest BCUT2D eigenvalue weighted by molar-refractivity contribution is 5.73. The summed E-state index contributed by atoms with van der Waals surface area (Å²) in [5.41, 5.74) is 5.26. The van der Waals surface area contributed by atoms with E-state index in [4.69, 9.17) is 10.8 Å². The molecule has 94 valence electrons. The monoisotopic (exact) mass is 220 g/mol. The molecule has 0 spiro atoms. The van der Waals surface area contributed by atoms with Gasteiger partial charge in [0.2, 0.25) is 0 Å². The highest BCUT2D eigenvalue weighted by atomic mass is 16.4. The van der Waals surface area contributed by atoms with Crippen LogP contribution >= 0.6 is 0 Å². The van der Waals surface area contributed by atoms with Crippen molar-refractivity contribution in [2.75, 3.05) is 13.6 Å². The summed E-state index contributed by atoms with van der Waals surface area (Å²) < 4.78 is 0. The van der Waals surface area contributed by atoms with Crippen LogP contribution in [0.2, 0.25) is 0 Å². The zero-order valence-corrected chi connectivity index (χ0v) is 10.8. The van der Waals surface area contributed by atoms with E-state index in [9.17, 15) is 4.79 Å². The van der Waals surface area contributed by atoms with E-state index in [0.29, 0.717) is 13.0 Å². The number of unbranched alkanes of at least 4 members (excludes halogenated alkanes) is 1. The molecular formula is C11H28N2O2. The molecule has 0 amide bonds. The maximum absolute atomic E-state index is 10.4. The Hall–Kier alpha value is -0.610. The first kappa shape index (κ1) is 19.9. The third kappa shape index (κ3) is 16.1. The summed E-state index contributed by atoms with van der Waals surface area (Å²) in [5, 5.41) is 11.3. The zero-order chi connectivity index (χ0) is 12.7. The molecular weight excluding hydrogens is 192 g/mol. The van der Waals surface area contributed by atoms with Crippen molar-refractivity contribution >= 4 is 5.97 Å². The second-order valence-electron chi connectivity index (χ2n) is 2.46. The average molecular weight is 220 g/mol. The molecule has 0 radical (unpaired) electrons. The molecule has 4 nitrogen and oxygen atoms in total. The Morgan fingerprint density at radius 3 is 2.00 bits per heavy atom. The fourth-order valence-corrected chi connectivity index (χ4v) is 0.884. The minimum atomic E-state index is -0.787. The molecule has 0 heterocycles. The first-order chi connectivity index (χ1) is 7.22. The van der Waals surface area contributed by atoms with Gasteiger partial charge < -0.3 is 16.2 Å². The van der Waals surface area contributed by atoms with Crippen LogP contribution in [-0.2, 0) is 4.79 Å². The van der Waals surface area contributed by atoms with E-state index in [1.807, 2.05) is 27.7 Å². The van der Waals surface area contributed by atoms with Crippen molar-refractivity contribution in [1.82, 2.24) is 5.32 Å². The number of likely N-dealkylation sites (N-methyl/N-ethyl adjacent to an activating group) is 1. The van der Waals surface area contributed by atoms with E-state index in [0.717, 1.165) is 12.8 Å². The average Bonchev–Trinajstić information content (AvgIpc) is 2.29. The molecule has 1 unspecified atom stereocenters. The van der Waals surface area contributed by atoms with Gasteiger partial charge >= 0.3 is 5.97 Å². The number of hydrogen-bond acceptors (Lipinski definition) is 3. The number of nitrogens with two attached hydrogens (primary N) is 1. The van der Waals surface area contributed by atoms with E-state index < -0.39 is 12.0 Å². The Bertz CT molecular complexity index is 119. The predicted octanol–water partition coefficient (Wildman–Crippen LogP) is 1.84. The molecule has 0 rings (SSSR count). The summed E-state index contributed by atoms with van der Waals surface area (Å²) in [5.74, 6) is -0.787. The largest absolute Gasteiger partial charge is 0.480 e. The van der Waals surface area contributed by atoms with Crippen LogP contribution in [0.5, 0.6) is 0 Å². The molecule has 0 aliphatic carbocycles. The van der Waals surface area contributed by atoms with E-state index in [2.05, 4.69) is 5.32 Å². The summed E-state index contributed by atoms with van der Waals surface area (Å²) in [7, 11) is 1.65. The first-order valence-electron chi connectivity index (χ1n) is 5.82. The minimum absolute atomic E-state index is 0.415. The van der Waals surface area contributed by atoms with Crippen molar-refractivity contribution in [2.24, 2.45) is 5.73 Å². The smallest absolute Gasteiger partial charge is 0.320 e. The summed E-state index contributed by atoms with van der Waals surface area (Å²) >= 11 is 0. The standard InChI is InChI=1S/C7H16N2O2.2C2H6/c1-9-6(7(10)11)4-2-3-5-8;2*1-2/h6,9H,2-5,8H2,1H3,(H,10,11);2*1-2H3. The minimum Gasteiger partial charge on any atom is -0.480 e. The van der Waals surface area contributed by atoms with Gasteiger partial charge in [-0.1, -0.05) is 34.1 Å². The molecule has 0 aromatic heterocycles. The lowest BCUT2D eigenvalue weighted by Crippen LogP contribution is -2.33. The molecule has 0 aliphatic rings. The molecule has 0 fully saturated rings. The van der Waals surface area contributed by atoms with E-state index >= 15 is 0 Å². The third-order valence-electron chi connectivity index (χ3n) is 1.59. The van der Waals surface area contributed by atoms with Crippen molar-refractivity contribution < 1.29 is 9.90 Å². The van der Waals surface area contributed by atoms with Crippen molar-refractivity contribution in [3.05, 3.63) is 0 Å². The maximum Gasteiger partial charge on any atom is 0.320 e. The van der Waals surface area contributed by atoms with Crippen molar-refractivity contribution in [3.8, 4) is 0 Å².